The predicted molar refractivity (Wildman–Crippen MR) is 81.8 cm³/mol. The van der Waals surface area contributed by atoms with Gasteiger partial charge in [-0.2, -0.15) is 13.2 Å². The van der Waals surface area contributed by atoms with Gasteiger partial charge >= 0.3 is 6.18 Å². The summed E-state index contributed by atoms with van der Waals surface area (Å²) in [5.74, 6) is -0.0639. The molecule has 1 N–H and O–H groups in total. The Kier molecular flexibility index (Phi) is 5.64. The first-order valence-corrected chi connectivity index (χ1v) is 7.57. The molecule has 1 aromatic carbocycles. The summed E-state index contributed by atoms with van der Waals surface area (Å²) in [5, 5.41) is 3.05. The summed E-state index contributed by atoms with van der Waals surface area (Å²) < 4.78 is 38.4. The van der Waals surface area contributed by atoms with E-state index in [1.54, 1.807) is 11.0 Å². The van der Waals surface area contributed by atoms with Gasteiger partial charge < -0.3 is 15.1 Å². The first-order valence-electron chi connectivity index (χ1n) is 7.57. The molecule has 0 bridgehead atoms. The zero-order valence-electron chi connectivity index (χ0n) is 13.4. The number of likely N-dealkylation sites (N-methyl/N-ethyl adjacent to an activating group) is 1. The number of carbonyl (C=O) groups excluding carboxylic acids is 1. The summed E-state index contributed by atoms with van der Waals surface area (Å²) in [6.45, 7) is 2.65. The van der Waals surface area contributed by atoms with Crippen LogP contribution in [0.3, 0.4) is 0 Å². The maximum atomic E-state index is 12.8. The van der Waals surface area contributed by atoms with E-state index < -0.39 is 11.7 Å². The monoisotopic (exact) mass is 329 g/mol. The van der Waals surface area contributed by atoms with Crippen LogP contribution in [0.4, 0.5) is 13.2 Å². The third kappa shape index (κ3) is 4.94. The molecule has 23 heavy (non-hydrogen) atoms. The van der Waals surface area contributed by atoms with Gasteiger partial charge in [0.1, 0.15) is 0 Å². The molecule has 0 aromatic heterocycles. The SMILES string of the molecule is CN(C)CCN(Cc1cccc(C(F)(F)F)c1)C(=O)C1CNC1. The number of nitrogens with one attached hydrogen (secondary N) is 1. The number of benzene rings is 1. The molecule has 0 saturated carbocycles. The maximum absolute atomic E-state index is 12.8. The first-order chi connectivity index (χ1) is 10.8. The van der Waals surface area contributed by atoms with Crippen LogP contribution in [0.15, 0.2) is 24.3 Å². The van der Waals surface area contributed by atoms with Crippen molar-refractivity contribution in [3.05, 3.63) is 35.4 Å². The molecule has 0 unspecified atom stereocenters. The molecule has 1 aliphatic rings. The van der Waals surface area contributed by atoms with Gasteiger partial charge in [-0.3, -0.25) is 4.79 Å². The van der Waals surface area contributed by atoms with Crippen LogP contribution >= 0.6 is 0 Å². The summed E-state index contributed by atoms with van der Waals surface area (Å²) in [4.78, 5) is 16.1. The molecular weight excluding hydrogens is 307 g/mol. The van der Waals surface area contributed by atoms with Crippen LogP contribution in [0.2, 0.25) is 0 Å². The van der Waals surface area contributed by atoms with Gasteiger partial charge in [0, 0.05) is 32.7 Å². The third-order valence-electron chi connectivity index (χ3n) is 3.89. The van der Waals surface area contributed by atoms with Crippen LogP contribution in [0, 0.1) is 5.92 Å². The maximum Gasteiger partial charge on any atom is 0.416 e. The fourth-order valence-electron chi connectivity index (χ4n) is 2.38. The van der Waals surface area contributed by atoms with Crippen molar-refractivity contribution >= 4 is 5.91 Å². The van der Waals surface area contributed by atoms with Crippen molar-refractivity contribution in [2.45, 2.75) is 12.7 Å². The van der Waals surface area contributed by atoms with E-state index in [-0.39, 0.29) is 18.4 Å². The van der Waals surface area contributed by atoms with Gasteiger partial charge in [0.2, 0.25) is 5.91 Å². The second-order valence-electron chi connectivity index (χ2n) is 6.12. The lowest BCUT2D eigenvalue weighted by Crippen LogP contribution is -2.52. The van der Waals surface area contributed by atoms with Crippen LogP contribution in [-0.2, 0) is 17.5 Å². The second kappa shape index (κ2) is 7.31. The number of rotatable bonds is 6. The Hall–Kier alpha value is -1.60. The van der Waals surface area contributed by atoms with E-state index in [0.29, 0.717) is 31.7 Å². The number of nitrogens with zero attached hydrogens (tertiary/aromatic N) is 2. The van der Waals surface area contributed by atoms with E-state index in [1.807, 2.05) is 19.0 Å². The molecule has 0 spiro atoms. The molecule has 7 heteroatoms. The van der Waals surface area contributed by atoms with Gasteiger partial charge in [-0.1, -0.05) is 12.1 Å². The molecule has 1 fully saturated rings. The lowest BCUT2D eigenvalue weighted by molar-refractivity contribution is -0.137. The molecule has 1 heterocycles. The Balaban J connectivity index is 2.11. The highest BCUT2D eigenvalue weighted by Crippen LogP contribution is 2.29. The van der Waals surface area contributed by atoms with Crippen molar-refractivity contribution in [1.82, 2.24) is 15.1 Å². The quantitative estimate of drug-likeness (QED) is 0.865. The van der Waals surface area contributed by atoms with E-state index in [1.165, 1.54) is 6.07 Å². The number of halogens is 3. The van der Waals surface area contributed by atoms with E-state index in [0.717, 1.165) is 12.1 Å². The van der Waals surface area contributed by atoms with E-state index in [4.69, 9.17) is 0 Å². The van der Waals surface area contributed by atoms with Crippen molar-refractivity contribution in [2.75, 3.05) is 40.3 Å². The van der Waals surface area contributed by atoms with Crippen molar-refractivity contribution in [1.29, 1.82) is 0 Å². The number of hydrogen-bond donors (Lipinski definition) is 1. The average Bonchev–Trinajstić information content (AvgIpc) is 2.40. The molecular formula is C16H22F3N3O. The molecule has 1 aromatic rings. The van der Waals surface area contributed by atoms with E-state index in [9.17, 15) is 18.0 Å². The first kappa shape index (κ1) is 17.7. The summed E-state index contributed by atoms with van der Waals surface area (Å²) in [7, 11) is 3.80. The molecule has 128 valence electrons. The second-order valence-corrected chi connectivity index (χ2v) is 6.12. The fourth-order valence-corrected chi connectivity index (χ4v) is 2.38. The smallest absolute Gasteiger partial charge is 0.337 e. The Morgan fingerprint density at radius 3 is 2.48 bits per heavy atom. The van der Waals surface area contributed by atoms with E-state index >= 15 is 0 Å². The topological polar surface area (TPSA) is 35.6 Å². The average molecular weight is 329 g/mol. The molecule has 0 aliphatic carbocycles. The Morgan fingerprint density at radius 2 is 1.96 bits per heavy atom. The summed E-state index contributed by atoms with van der Waals surface area (Å²) >= 11 is 0. The van der Waals surface area contributed by atoms with Crippen LogP contribution in [0.1, 0.15) is 11.1 Å². The lowest BCUT2D eigenvalue weighted by atomic mass is 10.0. The minimum atomic E-state index is -4.37. The number of carbonyl (C=O) groups is 1. The minimum Gasteiger partial charge on any atom is -0.337 e. The molecule has 1 aliphatic heterocycles. The third-order valence-corrected chi connectivity index (χ3v) is 3.89. The Bertz CT molecular complexity index is 542. The minimum absolute atomic E-state index is 0.00279. The number of amides is 1. The Morgan fingerprint density at radius 1 is 1.26 bits per heavy atom. The van der Waals surface area contributed by atoms with Gasteiger partial charge in [0.05, 0.1) is 11.5 Å². The Labute approximate surface area is 134 Å². The van der Waals surface area contributed by atoms with Crippen LogP contribution < -0.4 is 5.32 Å². The van der Waals surface area contributed by atoms with Gasteiger partial charge in [-0.15, -0.1) is 0 Å². The van der Waals surface area contributed by atoms with Crippen LogP contribution in [0.25, 0.3) is 0 Å². The van der Waals surface area contributed by atoms with Crippen molar-refractivity contribution in [3.8, 4) is 0 Å². The normalized spacial score (nSPS) is 15.6. The van der Waals surface area contributed by atoms with Crippen molar-refractivity contribution in [3.63, 3.8) is 0 Å². The molecule has 0 radical (unpaired) electrons. The summed E-state index contributed by atoms with van der Waals surface area (Å²) in [6.07, 6.45) is -4.37. The van der Waals surface area contributed by atoms with Gasteiger partial charge in [0.25, 0.3) is 0 Å². The molecule has 4 nitrogen and oxygen atoms in total. The highest BCUT2D eigenvalue weighted by Gasteiger charge is 2.32. The standard InChI is InChI=1S/C16H22F3N3O/c1-21(2)6-7-22(15(23)13-9-20-10-13)11-12-4-3-5-14(8-12)16(17,18)19/h3-5,8,13,20H,6-7,9-11H2,1-2H3. The molecule has 1 saturated heterocycles. The number of hydrogen-bond acceptors (Lipinski definition) is 3. The lowest BCUT2D eigenvalue weighted by Gasteiger charge is -2.33. The fraction of sp³-hybridized carbons (Fsp3) is 0.562. The van der Waals surface area contributed by atoms with Gasteiger partial charge in [-0.05, 0) is 31.8 Å². The van der Waals surface area contributed by atoms with Crippen molar-refractivity contribution in [2.24, 2.45) is 5.92 Å². The molecule has 1 amide bonds. The number of alkyl halides is 3. The largest absolute Gasteiger partial charge is 0.416 e. The van der Waals surface area contributed by atoms with Crippen LogP contribution in [0.5, 0.6) is 0 Å². The zero-order valence-corrected chi connectivity index (χ0v) is 13.4. The molecule has 2 rings (SSSR count). The van der Waals surface area contributed by atoms with Gasteiger partial charge in [-0.25, -0.2) is 0 Å². The predicted octanol–water partition coefficient (Wildman–Crippen LogP) is 1.81. The highest BCUT2D eigenvalue weighted by atomic mass is 19.4. The highest BCUT2D eigenvalue weighted by molar-refractivity contribution is 5.80. The summed E-state index contributed by atoms with van der Waals surface area (Å²) in [6, 6.07) is 5.18. The molecule has 0 atom stereocenters. The van der Waals surface area contributed by atoms with E-state index in [2.05, 4.69) is 5.32 Å². The van der Waals surface area contributed by atoms with Crippen LogP contribution in [-0.4, -0.2) is 56.0 Å². The van der Waals surface area contributed by atoms with Gasteiger partial charge in [0.15, 0.2) is 0 Å². The zero-order chi connectivity index (χ0) is 17.0. The van der Waals surface area contributed by atoms with Crippen molar-refractivity contribution < 1.29 is 18.0 Å². The summed E-state index contributed by atoms with van der Waals surface area (Å²) in [5.41, 5.74) is -0.181.